The highest BCUT2D eigenvalue weighted by atomic mass is 35.5. The first-order valence-corrected chi connectivity index (χ1v) is 8.63. The van der Waals surface area contributed by atoms with Gasteiger partial charge in [0.2, 0.25) is 5.91 Å². The molecule has 1 aromatic carbocycles. The zero-order valence-electron chi connectivity index (χ0n) is 14.0. The van der Waals surface area contributed by atoms with Crippen molar-refractivity contribution in [1.29, 1.82) is 0 Å². The predicted molar refractivity (Wildman–Crippen MR) is 96.4 cm³/mol. The maximum absolute atomic E-state index is 12.2. The Hall–Kier alpha value is -2.01. The summed E-state index contributed by atoms with van der Waals surface area (Å²) in [6, 6.07) is 5.50. The van der Waals surface area contributed by atoms with Gasteiger partial charge in [-0.3, -0.25) is 4.79 Å². The van der Waals surface area contributed by atoms with Crippen LogP contribution in [0.3, 0.4) is 0 Å². The van der Waals surface area contributed by atoms with Gasteiger partial charge in [0.15, 0.2) is 11.4 Å². The third-order valence-corrected chi connectivity index (χ3v) is 4.60. The van der Waals surface area contributed by atoms with Gasteiger partial charge < -0.3 is 14.7 Å². The summed E-state index contributed by atoms with van der Waals surface area (Å²) < 4.78 is 5.37. The van der Waals surface area contributed by atoms with Gasteiger partial charge in [-0.15, -0.1) is 0 Å². The number of fused-ring (bicyclic) bond motifs is 1. The van der Waals surface area contributed by atoms with Crippen molar-refractivity contribution in [2.75, 3.05) is 24.5 Å². The third-order valence-electron chi connectivity index (χ3n) is 4.36. The summed E-state index contributed by atoms with van der Waals surface area (Å²) in [6.07, 6.45) is 3.66. The fraction of sp³-hybridized carbons (Fsp3) is 0.444. The van der Waals surface area contributed by atoms with E-state index >= 15 is 0 Å². The Kier molecular flexibility index (Phi) is 5.09. The third kappa shape index (κ3) is 3.73. The largest absolute Gasteiger partial charge is 0.354 e. The van der Waals surface area contributed by atoms with Crippen LogP contribution in [0, 0.1) is 5.92 Å². The minimum atomic E-state index is 0.0635. The van der Waals surface area contributed by atoms with Crippen molar-refractivity contribution in [1.82, 2.24) is 10.5 Å². The lowest BCUT2D eigenvalue weighted by atomic mass is 9.95. The van der Waals surface area contributed by atoms with Gasteiger partial charge in [-0.1, -0.05) is 28.4 Å². The number of piperidine rings is 1. The Morgan fingerprint density at radius 2 is 2.17 bits per heavy atom. The number of rotatable bonds is 4. The van der Waals surface area contributed by atoms with Crippen molar-refractivity contribution >= 4 is 34.3 Å². The van der Waals surface area contributed by atoms with Crippen LogP contribution in [0.25, 0.3) is 11.0 Å². The fourth-order valence-electron chi connectivity index (χ4n) is 2.98. The Bertz CT molecular complexity index is 757. The molecule has 1 amide bonds. The van der Waals surface area contributed by atoms with Crippen molar-refractivity contribution in [3.05, 3.63) is 34.9 Å². The SMILES string of the molecule is CC(C)=CCNC(=O)C1CCN(c2noc3ccc(Cl)cc23)CC1. The summed E-state index contributed by atoms with van der Waals surface area (Å²) in [5.41, 5.74) is 1.94. The molecule has 2 heterocycles. The lowest BCUT2D eigenvalue weighted by molar-refractivity contribution is -0.125. The first-order chi connectivity index (χ1) is 11.5. The van der Waals surface area contributed by atoms with E-state index < -0.39 is 0 Å². The number of anilines is 1. The van der Waals surface area contributed by atoms with Gasteiger partial charge in [0.25, 0.3) is 0 Å². The lowest BCUT2D eigenvalue weighted by Gasteiger charge is -2.31. The number of carbonyl (C=O) groups excluding carboxylic acids is 1. The summed E-state index contributed by atoms with van der Waals surface area (Å²) in [5.74, 6) is 1.02. The van der Waals surface area contributed by atoms with Crippen LogP contribution in [-0.2, 0) is 4.79 Å². The van der Waals surface area contributed by atoms with Gasteiger partial charge in [-0.2, -0.15) is 0 Å². The van der Waals surface area contributed by atoms with Crippen LogP contribution in [-0.4, -0.2) is 30.7 Å². The average molecular weight is 348 g/mol. The summed E-state index contributed by atoms with van der Waals surface area (Å²) >= 11 is 6.08. The van der Waals surface area contributed by atoms with E-state index in [1.54, 1.807) is 6.07 Å². The van der Waals surface area contributed by atoms with Crippen LogP contribution < -0.4 is 10.2 Å². The van der Waals surface area contributed by atoms with E-state index in [1.165, 1.54) is 5.57 Å². The highest BCUT2D eigenvalue weighted by molar-refractivity contribution is 6.31. The molecule has 0 unspecified atom stereocenters. The molecule has 128 valence electrons. The van der Waals surface area contributed by atoms with E-state index in [1.807, 2.05) is 32.1 Å². The number of nitrogens with one attached hydrogen (secondary N) is 1. The molecule has 5 nitrogen and oxygen atoms in total. The molecule has 6 heteroatoms. The van der Waals surface area contributed by atoms with Crippen molar-refractivity contribution in [2.24, 2.45) is 5.92 Å². The van der Waals surface area contributed by atoms with Gasteiger partial charge in [0.1, 0.15) is 0 Å². The fourth-order valence-corrected chi connectivity index (χ4v) is 3.15. The Labute approximate surface area is 146 Å². The van der Waals surface area contributed by atoms with E-state index in [-0.39, 0.29) is 11.8 Å². The Morgan fingerprint density at radius 3 is 2.88 bits per heavy atom. The minimum Gasteiger partial charge on any atom is -0.354 e. The van der Waals surface area contributed by atoms with Crippen molar-refractivity contribution in [2.45, 2.75) is 26.7 Å². The molecule has 3 rings (SSSR count). The summed E-state index contributed by atoms with van der Waals surface area (Å²) in [5, 5.41) is 8.76. The quantitative estimate of drug-likeness (QED) is 0.855. The number of nitrogens with zero attached hydrogens (tertiary/aromatic N) is 2. The Morgan fingerprint density at radius 1 is 1.42 bits per heavy atom. The number of amides is 1. The lowest BCUT2D eigenvalue weighted by Crippen LogP contribution is -2.40. The maximum Gasteiger partial charge on any atom is 0.223 e. The van der Waals surface area contributed by atoms with E-state index in [0.717, 1.165) is 42.7 Å². The number of halogens is 1. The molecule has 0 bridgehead atoms. The number of hydrogen-bond donors (Lipinski definition) is 1. The predicted octanol–water partition coefficient (Wildman–Crippen LogP) is 3.78. The first-order valence-electron chi connectivity index (χ1n) is 8.25. The van der Waals surface area contributed by atoms with Crippen LogP contribution >= 0.6 is 11.6 Å². The zero-order chi connectivity index (χ0) is 17.1. The van der Waals surface area contributed by atoms with Crippen LogP contribution in [0.4, 0.5) is 5.82 Å². The van der Waals surface area contributed by atoms with Crippen LogP contribution in [0.2, 0.25) is 5.02 Å². The summed E-state index contributed by atoms with van der Waals surface area (Å²) in [6.45, 7) is 6.23. The number of allylic oxidation sites excluding steroid dienone is 1. The molecular weight excluding hydrogens is 326 g/mol. The van der Waals surface area contributed by atoms with Gasteiger partial charge in [-0.25, -0.2) is 0 Å². The van der Waals surface area contributed by atoms with E-state index in [0.29, 0.717) is 11.6 Å². The highest BCUT2D eigenvalue weighted by Gasteiger charge is 2.27. The molecule has 2 aromatic rings. The van der Waals surface area contributed by atoms with Gasteiger partial charge in [-0.05, 0) is 44.9 Å². The molecule has 1 saturated heterocycles. The normalized spacial score (nSPS) is 15.5. The molecule has 1 aliphatic rings. The molecule has 1 aromatic heterocycles. The standard InChI is InChI=1S/C18H22ClN3O2/c1-12(2)5-8-20-18(23)13-6-9-22(10-7-13)17-15-11-14(19)3-4-16(15)24-21-17/h3-5,11,13H,6-10H2,1-2H3,(H,20,23). The molecular formula is C18H22ClN3O2. The molecule has 0 spiro atoms. The molecule has 0 saturated carbocycles. The van der Waals surface area contributed by atoms with E-state index in [9.17, 15) is 4.79 Å². The van der Waals surface area contributed by atoms with Gasteiger partial charge in [0, 0.05) is 30.6 Å². The van der Waals surface area contributed by atoms with Gasteiger partial charge >= 0.3 is 0 Å². The van der Waals surface area contributed by atoms with Crippen molar-refractivity contribution in [3.8, 4) is 0 Å². The number of aromatic nitrogens is 1. The molecule has 1 fully saturated rings. The minimum absolute atomic E-state index is 0.0635. The average Bonchev–Trinajstić information content (AvgIpc) is 2.97. The molecule has 1 N–H and O–H groups in total. The smallest absolute Gasteiger partial charge is 0.223 e. The monoisotopic (exact) mass is 347 g/mol. The number of carbonyl (C=O) groups is 1. The Balaban J connectivity index is 1.61. The second kappa shape index (κ2) is 7.26. The van der Waals surface area contributed by atoms with Crippen LogP contribution in [0.15, 0.2) is 34.4 Å². The number of benzene rings is 1. The van der Waals surface area contributed by atoms with Gasteiger partial charge in [0.05, 0.1) is 5.39 Å². The number of hydrogen-bond acceptors (Lipinski definition) is 4. The van der Waals surface area contributed by atoms with E-state index in [2.05, 4.69) is 15.4 Å². The molecule has 0 aliphatic carbocycles. The summed E-state index contributed by atoms with van der Waals surface area (Å²) in [4.78, 5) is 14.4. The topological polar surface area (TPSA) is 58.4 Å². The maximum atomic E-state index is 12.2. The van der Waals surface area contributed by atoms with E-state index in [4.69, 9.17) is 16.1 Å². The highest BCUT2D eigenvalue weighted by Crippen LogP contribution is 2.31. The first kappa shape index (κ1) is 16.8. The molecule has 0 atom stereocenters. The molecule has 1 aliphatic heterocycles. The van der Waals surface area contributed by atoms with Crippen LogP contribution in [0.1, 0.15) is 26.7 Å². The second-order valence-electron chi connectivity index (χ2n) is 6.43. The van der Waals surface area contributed by atoms with Crippen molar-refractivity contribution in [3.63, 3.8) is 0 Å². The molecule has 0 radical (unpaired) electrons. The van der Waals surface area contributed by atoms with Crippen LogP contribution in [0.5, 0.6) is 0 Å². The van der Waals surface area contributed by atoms with Crippen molar-refractivity contribution < 1.29 is 9.32 Å². The summed E-state index contributed by atoms with van der Waals surface area (Å²) in [7, 11) is 0. The zero-order valence-corrected chi connectivity index (χ0v) is 14.8. The second-order valence-corrected chi connectivity index (χ2v) is 6.87. The molecule has 24 heavy (non-hydrogen) atoms.